The second-order valence-electron chi connectivity index (χ2n) is 7.17. The van der Waals surface area contributed by atoms with E-state index in [0.717, 1.165) is 12.8 Å². The summed E-state index contributed by atoms with van der Waals surface area (Å²) in [6, 6.07) is 0. The fourth-order valence-corrected chi connectivity index (χ4v) is 4.18. The molecule has 24 heavy (non-hydrogen) atoms. The highest BCUT2D eigenvalue weighted by molar-refractivity contribution is 5.74. The molecule has 8 heteroatoms. The average molecular weight is 346 g/mol. The van der Waals surface area contributed by atoms with E-state index in [1.807, 2.05) is 6.92 Å². The highest BCUT2D eigenvalue weighted by atomic mass is 16.7. The van der Waals surface area contributed by atoms with E-state index in [1.165, 1.54) is 0 Å². The Balaban J connectivity index is 1.60. The second-order valence-corrected chi connectivity index (χ2v) is 7.17. The first-order valence-corrected chi connectivity index (χ1v) is 8.52. The van der Waals surface area contributed by atoms with E-state index >= 15 is 0 Å². The normalized spacial score (nSPS) is 48.9. The van der Waals surface area contributed by atoms with Gasteiger partial charge in [-0.1, -0.05) is 6.92 Å². The van der Waals surface area contributed by atoms with E-state index < -0.39 is 37.3 Å². The van der Waals surface area contributed by atoms with Crippen LogP contribution in [0.3, 0.4) is 0 Å². The van der Waals surface area contributed by atoms with Crippen LogP contribution in [-0.4, -0.2) is 76.9 Å². The van der Waals surface area contributed by atoms with Gasteiger partial charge in [0, 0.05) is 5.92 Å². The Morgan fingerprint density at radius 1 is 1.17 bits per heavy atom. The number of hydrogen-bond acceptors (Lipinski definition) is 8. The molecule has 0 unspecified atom stereocenters. The van der Waals surface area contributed by atoms with Gasteiger partial charge in [-0.05, 0) is 24.7 Å². The number of esters is 1. The van der Waals surface area contributed by atoms with Crippen LogP contribution >= 0.6 is 0 Å². The fourth-order valence-electron chi connectivity index (χ4n) is 4.18. The van der Waals surface area contributed by atoms with E-state index in [2.05, 4.69) is 0 Å². The van der Waals surface area contributed by atoms with Gasteiger partial charge < -0.3 is 34.6 Å². The molecule has 2 saturated heterocycles. The quantitative estimate of drug-likeness (QED) is 0.460. The Bertz CT molecular complexity index is 455. The highest BCUT2D eigenvalue weighted by Crippen LogP contribution is 2.44. The van der Waals surface area contributed by atoms with Gasteiger partial charge in [0.2, 0.25) is 0 Å². The van der Waals surface area contributed by atoms with Crippen LogP contribution < -0.4 is 0 Å². The zero-order valence-electron chi connectivity index (χ0n) is 13.7. The Morgan fingerprint density at radius 3 is 2.62 bits per heavy atom. The molecule has 2 heterocycles. The standard InChI is InChI=1S/C16H26O8/c1-7-2-3-9-8(5-22-15(21)11(7)9)6-23-16-14(20)13(19)12(18)10(4-17)24-16/h7-14,16-20H,2-6H2,1H3/t7-,8+,9+,10+,11+,12+,13-,14+,16+/m0/s1. The second kappa shape index (κ2) is 7.23. The number of cyclic esters (lactones) is 1. The lowest BCUT2D eigenvalue weighted by molar-refractivity contribution is -0.305. The van der Waals surface area contributed by atoms with Gasteiger partial charge in [-0.15, -0.1) is 0 Å². The maximum Gasteiger partial charge on any atom is 0.309 e. The molecule has 0 radical (unpaired) electrons. The lowest BCUT2D eigenvalue weighted by Gasteiger charge is -2.41. The van der Waals surface area contributed by atoms with Crippen molar-refractivity contribution in [3.05, 3.63) is 0 Å². The monoisotopic (exact) mass is 346 g/mol. The predicted molar refractivity (Wildman–Crippen MR) is 79.5 cm³/mol. The Hall–Kier alpha value is -0.770. The minimum Gasteiger partial charge on any atom is -0.465 e. The maximum atomic E-state index is 11.9. The number of ether oxygens (including phenoxy) is 3. The minimum absolute atomic E-state index is 0.00465. The van der Waals surface area contributed by atoms with Crippen molar-refractivity contribution in [2.75, 3.05) is 19.8 Å². The van der Waals surface area contributed by atoms with Crippen molar-refractivity contribution in [2.45, 2.75) is 50.5 Å². The van der Waals surface area contributed by atoms with Crippen molar-refractivity contribution in [2.24, 2.45) is 23.7 Å². The smallest absolute Gasteiger partial charge is 0.309 e. The van der Waals surface area contributed by atoms with Gasteiger partial charge in [0.25, 0.3) is 0 Å². The van der Waals surface area contributed by atoms with Gasteiger partial charge in [0.05, 0.1) is 25.7 Å². The molecule has 0 aromatic rings. The molecule has 0 aromatic carbocycles. The van der Waals surface area contributed by atoms with E-state index in [1.54, 1.807) is 0 Å². The third-order valence-corrected chi connectivity index (χ3v) is 5.67. The number of hydrogen-bond donors (Lipinski definition) is 4. The summed E-state index contributed by atoms with van der Waals surface area (Å²) >= 11 is 0. The lowest BCUT2D eigenvalue weighted by atomic mass is 9.80. The van der Waals surface area contributed by atoms with E-state index in [4.69, 9.17) is 14.2 Å². The summed E-state index contributed by atoms with van der Waals surface area (Å²) in [5.41, 5.74) is 0. The molecule has 0 amide bonds. The third-order valence-electron chi connectivity index (χ3n) is 5.67. The average Bonchev–Trinajstić information content (AvgIpc) is 2.97. The summed E-state index contributed by atoms with van der Waals surface area (Å²) in [6.07, 6.45) is -4.49. The number of carbonyl (C=O) groups is 1. The third kappa shape index (κ3) is 3.18. The van der Waals surface area contributed by atoms with Crippen LogP contribution in [-0.2, 0) is 19.0 Å². The first-order valence-electron chi connectivity index (χ1n) is 8.52. The van der Waals surface area contributed by atoms with E-state index in [-0.39, 0.29) is 42.9 Å². The van der Waals surface area contributed by atoms with Crippen LogP contribution in [0.1, 0.15) is 19.8 Å². The summed E-state index contributed by atoms with van der Waals surface area (Å²) in [5.74, 6) is 0.227. The number of fused-ring (bicyclic) bond motifs is 1. The number of rotatable bonds is 4. The molecule has 1 saturated carbocycles. The molecule has 0 aromatic heterocycles. The molecular formula is C16H26O8. The molecular weight excluding hydrogens is 320 g/mol. The lowest BCUT2D eigenvalue weighted by Crippen LogP contribution is -2.59. The van der Waals surface area contributed by atoms with Gasteiger partial charge in [0.15, 0.2) is 6.29 Å². The van der Waals surface area contributed by atoms with E-state index in [0.29, 0.717) is 0 Å². The van der Waals surface area contributed by atoms with Crippen LogP contribution in [0.25, 0.3) is 0 Å². The molecule has 4 N–H and O–H groups in total. The van der Waals surface area contributed by atoms with Gasteiger partial charge in [0.1, 0.15) is 24.4 Å². The number of aliphatic hydroxyl groups excluding tert-OH is 4. The van der Waals surface area contributed by atoms with Crippen molar-refractivity contribution in [1.82, 2.24) is 0 Å². The van der Waals surface area contributed by atoms with Gasteiger partial charge >= 0.3 is 5.97 Å². The van der Waals surface area contributed by atoms with Gasteiger partial charge in [-0.25, -0.2) is 0 Å². The molecule has 9 atom stereocenters. The van der Waals surface area contributed by atoms with Crippen molar-refractivity contribution >= 4 is 5.97 Å². The summed E-state index contributed by atoms with van der Waals surface area (Å²) < 4.78 is 16.2. The van der Waals surface area contributed by atoms with Gasteiger partial charge in [-0.2, -0.15) is 0 Å². The zero-order chi connectivity index (χ0) is 17.4. The van der Waals surface area contributed by atoms with Crippen molar-refractivity contribution < 1.29 is 39.4 Å². The fraction of sp³-hybridized carbons (Fsp3) is 0.938. The first kappa shape index (κ1) is 18.0. The molecule has 2 aliphatic heterocycles. The van der Waals surface area contributed by atoms with Crippen LogP contribution in [0.2, 0.25) is 0 Å². The van der Waals surface area contributed by atoms with Crippen LogP contribution in [0.4, 0.5) is 0 Å². The SMILES string of the molecule is C[C@H]1CC[C@@H]2[C@@H](CO[C@@H]3O[C@H](CO)[C@@H](O)[C@H](O)[C@H]3O)COC(=O)[C@@H]21. The van der Waals surface area contributed by atoms with Crippen molar-refractivity contribution in [1.29, 1.82) is 0 Å². The minimum atomic E-state index is -1.45. The largest absolute Gasteiger partial charge is 0.465 e. The van der Waals surface area contributed by atoms with Crippen molar-refractivity contribution in [3.8, 4) is 0 Å². The topological polar surface area (TPSA) is 126 Å². The molecule has 8 nitrogen and oxygen atoms in total. The van der Waals surface area contributed by atoms with Crippen LogP contribution in [0.5, 0.6) is 0 Å². The highest BCUT2D eigenvalue weighted by Gasteiger charge is 2.48. The Labute approximate surface area is 140 Å². The molecule has 1 aliphatic carbocycles. The first-order chi connectivity index (χ1) is 11.4. The zero-order valence-corrected chi connectivity index (χ0v) is 13.7. The maximum absolute atomic E-state index is 11.9. The predicted octanol–water partition coefficient (Wildman–Crippen LogP) is -1.36. The summed E-state index contributed by atoms with van der Waals surface area (Å²) in [6.45, 7) is 2.04. The van der Waals surface area contributed by atoms with Crippen molar-refractivity contribution in [3.63, 3.8) is 0 Å². The van der Waals surface area contributed by atoms with E-state index in [9.17, 15) is 25.2 Å². The molecule has 0 bridgehead atoms. The summed E-state index contributed by atoms with van der Waals surface area (Å²) in [4.78, 5) is 11.9. The molecule has 138 valence electrons. The molecule has 0 spiro atoms. The molecule has 3 fully saturated rings. The summed E-state index contributed by atoms with van der Waals surface area (Å²) in [7, 11) is 0. The summed E-state index contributed by atoms with van der Waals surface area (Å²) in [5, 5.41) is 38.7. The Morgan fingerprint density at radius 2 is 1.92 bits per heavy atom. The van der Waals surface area contributed by atoms with Gasteiger partial charge in [-0.3, -0.25) is 4.79 Å². The molecule has 3 aliphatic rings. The molecule has 3 rings (SSSR count). The van der Waals surface area contributed by atoms with Crippen LogP contribution in [0.15, 0.2) is 0 Å². The Kier molecular flexibility index (Phi) is 5.43. The number of aliphatic hydroxyl groups is 4. The number of carbonyl (C=O) groups excluding carboxylic acids is 1. The van der Waals surface area contributed by atoms with Crippen LogP contribution in [0, 0.1) is 23.7 Å².